The number of ether oxygens (including phenoxy) is 1. The van der Waals surface area contributed by atoms with Gasteiger partial charge in [0.05, 0.1) is 29.7 Å². The summed E-state index contributed by atoms with van der Waals surface area (Å²) in [6, 6.07) is 13.1. The molecule has 164 valence electrons. The third kappa shape index (κ3) is 4.24. The number of carbonyl (C=O) groups excluding carboxylic acids is 1. The highest BCUT2D eigenvalue weighted by molar-refractivity contribution is 7.23. The van der Waals surface area contributed by atoms with Gasteiger partial charge in [-0.25, -0.2) is 9.97 Å². The van der Waals surface area contributed by atoms with Crippen molar-refractivity contribution in [3.8, 4) is 5.75 Å². The van der Waals surface area contributed by atoms with Crippen LogP contribution in [0.3, 0.4) is 0 Å². The van der Waals surface area contributed by atoms with Crippen LogP contribution in [-0.2, 0) is 17.9 Å². The number of carbonyl (C=O) groups is 1. The van der Waals surface area contributed by atoms with Crippen molar-refractivity contribution in [3.63, 3.8) is 0 Å². The molecule has 4 aromatic rings. The number of halogens is 1. The zero-order chi connectivity index (χ0) is 22.8. The van der Waals surface area contributed by atoms with E-state index in [0.29, 0.717) is 39.2 Å². The van der Waals surface area contributed by atoms with E-state index in [9.17, 15) is 9.59 Å². The van der Waals surface area contributed by atoms with Crippen LogP contribution in [0.25, 0.3) is 10.2 Å². The Hall–Kier alpha value is -3.23. The van der Waals surface area contributed by atoms with Crippen LogP contribution in [0.1, 0.15) is 16.8 Å². The highest BCUT2D eigenvalue weighted by Gasteiger charge is 2.23. The number of amides is 1. The molecule has 0 unspecified atom stereocenters. The molecule has 0 aliphatic rings. The van der Waals surface area contributed by atoms with Crippen molar-refractivity contribution in [1.82, 2.24) is 14.5 Å². The summed E-state index contributed by atoms with van der Waals surface area (Å²) in [6.45, 7) is 3.62. The van der Waals surface area contributed by atoms with E-state index in [0.717, 1.165) is 10.3 Å². The van der Waals surface area contributed by atoms with E-state index < -0.39 is 0 Å². The summed E-state index contributed by atoms with van der Waals surface area (Å²) in [4.78, 5) is 36.5. The number of aromatic nitrogens is 3. The second-order valence-electron chi connectivity index (χ2n) is 7.28. The molecule has 32 heavy (non-hydrogen) atoms. The predicted octanol–water partition coefficient (Wildman–Crippen LogP) is 4.37. The Kier molecular flexibility index (Phi) is 6.25. The fraction of sp³-hybridized carbons (Fsp3) is 0.217. The van der Waals surface area contributed by atoms with Gasteiger partial charge in [-0.15, -0.1) is 0 Å². The molecule has 0 fully saturated rings. The summed E-state index contributed by atoms with van der Waals surface area (Å²) in [7, 11) is 1.56. The molecule has 0 radical (unpaired) electrons. The maximum atomic E-state index is 13.4. The zero-order valence-corrected chi connectivity index (χ0v) is 19.4. The lowest BCUT2D eigenvalue weighted by atomic mass is 10.2. The summed E-state index contributed by atoms with van der Waals surface area (Å²) >= 11 is 7.69. The number of aryl methyl sites for hydroxylation is 1. The number of hydrogen-bond donors (Lipinski definition) is 0. The molecular formula is C23H21ClN4O3S. The number of anilines is 1. The van der Waals surface area contributed by atoms with Crippen molar-refractivity contribution in [2.75, 3.05) is 12.0 Å². The molecular weight excluding hydrogens is 448 g/mol. The van der Waals surface area contributed by atoms with E-state index in [1.807, 2.05) is 30.3 Å². The molecule has 2 aromatic carbocycles. The first-order valence-electron chi connectivity index (χ1n) is 9.89. The number of fused-ring (bicyclic) bond motifs is 1. The van der Waals surface area contributed by atoms with Crippen LogP contribution in [0, 0.1) is 13.8 Å². The smallest absolute Gasteiger partial charge is 0.256 e. The number of benzene rings is 2. The molecule has 0 bridgehead atoms. The van der Waals surface area contributed by atoms with Crippen molar-refractivity contribution < 1.29 is 9.53 Å². The number of methoxy groups -OCH3 is 1. The summed E-state index contributed by atoms with van der Waals surface area (Å²) in [6.07, 6.45) is 1.40. The highest BCUT2D eigenvalue weighted by atomic mass is 35.5. The van der Waals surface area contributed by atoms with Gasteiger partial charge in [0.2, 0.25) is 5.91 Å². The molecule has 9 heteroatoms. The molecule has 1 amide bonds. The zero-order valence-electron chi connectivity index (χ0n) is 17.8. The van der Waals surface area contributed by atoms with Gasteiger partial charge in [-0.05, 0) is 31.5 Å². The molecule has 0 spiro atoms. The third-order valence-corrected chi connectivity index (χ3v) is 6.74. The lowest BCUT2D eigenvalue weighted by molar-refractivity contribution is -0.119. The van der Waals surface area contributed by atoms with E-state index in [1.54, 1.807) is 38.0 Å². The van der Waals surface area contributed by atoms with Crippen LogP contribution < -0.4 is 15.2 Å². The predicted molar refractivity (Wildman–Crippen MR) is 127 cm³/mol. The average molecular weight is 469 g/mol. The second kappa shape index (κ2) is 9.10. The van der Waals surface area contributed by atoms with Gasteiger partial charge in [-0.3, -0.25) is 19.1 Å². The van der Waals surface area contributed by atoms with Crippen LogP contribution in [0.5, 0.6) is 5.75 Å². The van der Waals surface area contributed by atoms with Gasteiger partial charge in [0.25, 0.3) is 5.56 Å². The Morgan fingerprint density at radius 3 is 2.66 bits per heavy atom. The van der Waals surface area contributed by atoms with Gasteiger partial charge < -0.3 is 4.74 Å². The number of thiazole rings is 1. The molecule has 7 nitrogen and oxygen atoms in total. The van der Waals surface area contributed by atoms with Gasteiger partial charge in [0.15, 0.2) is 5.13 Å². The minimum absolute atomic E-state index is 0.152. The monoisotopic (exact) mass is 468 g/mol. The first-order chi connectivity index (χ1) is 15.4. The molecule has 0 atom stereocenters. The number of hydrogen-bond acceptors (Lipinski definition) is 6. The van der Waals surface area contributed by atoms with Crippen LogP contribution in [0.2, 0.25) is 5.02 Å². The van der Waals surface area contributed by atoms with E-state index in [2.05, 4.69) is 9.97 Å². The lowest BCUT2D eigenvalue weighted by Crippen LogP contribution is -2.37. The van der Waals surface area contributed by atoms with Gasteiger partial charge in [-0.2, -0.15) is 0 Å². The van der Waals surface area contributed by atoms with E-state index in [1.165, 1.54) is 22.2 Å². The fourth-order valence-corrected chi connectivity index (χ4v) is 4.54. The minimum Gasteiger partial charge on any atom is -0.494 e. The molecule has 0 aliphatic heterocycles. The van der Waals surface area contributed by atoms with Crippen LogP contribution in [-0.4, -0.2) is 27.6 Å². The van der Waals surface area contributed by atoms with Crippen LogP contribution in [0.15, 0.2) is 53.6 Å². The molecule has 0 saturated carbocycles. The Balaban J connectivity index is 1.76. The van der Waals surface area contributed by atoms with Gasteiger partial charge in [0.1, 0.15) is 17.8 Å². The Morgan fingerprint density at radius 2 is 1.94 bits per heavy atom. The third-order valence-electron chi connectivity index (χ3n) is 5.20. The van der Waals surface area contributed by atoms with Gasteiger partial charge >= 0.3 is 0 Å². The maximum Gasteiger partial charge on any atom is 0.256 e. The Morgan fingerprint density at radius 1 is 1.19 bits per heavy atom. The molecule has 4 rings (SSSR count). The highest BCUT2D eigenvalue weighted by Crippen LogP contribution is 2.39. The molecule has 0 N–H and O–H groups in total. The van der Waals surface area contributed by atoms with E-state index in [4.69, 9.17) is 16.3 Å². The SMILES string of the molecule is COc1ccc(Cl)c2sc(N(Cc3ccccc3)C(=O)Cn3cnc(C)c(C)c3=O)nc12. The van der Waals surface area contributed by atoms with Crippen molar-refractivity contribution in [2.45, 2.75) is 26.9 Å². The Labute approximate surface area is 193 Å². The largest absolute Gasteiger partial charge is 0.494 e. The first-order valence-corrected chi connectivity index (χ1v) is 11.1. The van der Waals surface area contributed by atoms with Crippen LogP contribution in [0.4, 0.5) is 5.13 Å². The van der Waals surface area contributed by atoms with E-state index in [-0.39, 0.29) is 18.0 Å². The molecule has 0 saturated heterocycles. The molecule has 2 aromatic heterocycles. The lowest BCUT2D eigenvalue weighted by Gasteiger charge is -2.20. The molecule has 2 heterocycles. The van der Waals surface area contributed by atoms with Gasteiger partial charge in [-0.1, -0.05) is 53.3 Å². The summed E-state index contributed by atoms with van der Waals surface area (Å²) in [5, 5.41) is 1.01. The maximum absolute atomic E-state index is 13.4. The van der Waals surface area contributed by atoms with Crippen molar-refractivity contribution in [2.24, 2.45) is 0 Å². The number of rotatable bonds is 6. The van der Waals surface area contributed by atoms with Gasteiger partial charge in [0, 0.05) is 11.3 Å². The van der Waals surface area contributed by atoms with Crippen molar-refractivity contribution in [3.05, 3.63) is 81.0 Å². The topological polar surface area (TPSA) is 77.3 Å². The average Bonchev–Trinajstić information content (AvgIpc) is 3.25. The quantitative estimate of drug-likeness (QED) is 0.420. The second-order valence-corrected chi connectivity index (χ2v) is 8.66. The summed E-state index contributed by atoms with van der Waals surface area (Å²) in [5.74, 6) is 0.295. The normalized spacial score (nSPS) is 11.0. The fourth-order valence-electron chi connectivity index (χ4n) is 3.27. The van der Waals surface area contributed by atoms with Crippen molar-refractivity contribution >= 4 is 44.2 Å². The van der Waals surface area contributed by atoms with Crippen LogP contribution >= 0.6 is 22.9 Å². The van der Waals surface area contributed by atoms with E-state index >= 15 is 0 Å². The molecule has 0 aliphatic carbocycles. The first kappa shape index (κ1) is 22.0. The number of nitrogens with zero attached hydrogens (tertiary/aromatic N) is 4. The van der Waals surface area contributed by atoms with Crippen molar-refractivity contribution in [1.29, 1.82) is 0 Å². The minimum atomic E-state index is -0.282. The Bertz CT molecular complexity index is 1350. The summed E-state index contributed by atoms with van der Waals surface area (Å²) in [5.41, 5.74) is 2.46. The summed E-state index contributed by atoms with van der Waals surface area (Å²) < 4.78 is 7.47. The standard InChI is InChI=1S/C23H21ClN4O3S/c1-14-15(2)25-13-27(22(14)30)12-19(29)28(11-16-7-5-4-6-8-16)23-26-20-18(31-3)10-9-17(24)21(20)32-23/h4-10,13H,11-12H2,1-3H3.